The summed E-state index contributed by atoms with van der Waals surface area (Å²) in [4.78, 5) is 41.7. The number of hydrogen-bond acceptors (Lipinski definition) is 6. The van der Waals surface area contributed by atoms with Gasteiger partial charge < -0.3 is 4.74 Å². The second kappa shape index (κ2) is 7.98. The number of non-ortho nitro benzene ring substituents is 1. The topological polar surface area (TPSA) is 103 Å². The van der Waals surface area contributed by atoms with Crippen molar-refractivity contribution in [3.05, 3.63) is 52.7 Å². The first-order valence-electron chi connectivity index (χ1n) is 9.79. The molecule has 29 heavy (non-hydrogen) atoms. The monoisotopic (exact) mass is 395 g/mol. The number of carbonyl (C=O) groups is 2. The summed E-state index contributed by atoms with van der Waals surface area (Å²) in [7, 11) is 0. The number of nitrogens with zero attached hydrogens (tertiary/aromatic N) is 3. The molecule has 2 fully saturated rings. The van der Waals surface area contributed by atoms with E-state index in [2.05, 4.69) is 4.98 Å². The van der Waals surface area contributed by atoms with Crippen LogP contribution in [0.2, 0.25) is 0 Å². The average Bonchev–Trinajstić information content (AvgIpc) is 2.60. The first-order valence-corrected chi connectivity index (χ1v) is 9.79. The zero-order chi connectivity index (χ0) is 20.4. The molecular formula is C21H21N3O5. The van der Waals surface area contributed by atoms with Crippen molar-refractivity contribution in [2.75, 3.05) is 4.90 Å². The highest BCUT2D eigenvalue weighted by Crippen LogP contribution is 2.35. The smallest absolute Gasteiger partial charge is 0.269 e. The Balaban J connectivity index is 1.57. The predicted molar refractivity (Wildman–Crippen MR) is 105 cm³/mol. The van der Waals surface area contributed by atoms with Gasteiger partial charge in [-0.3, -0.25) is 19.7 Å². The van der Waals surface area contributed by atoms with E-state index in [1.807, 2.05) is 0 Å². The molecule has 0 bridgehead atoms. The molecule has 0 unspecified atom stereocenters. The Bertz CT molecular complexity index is 910. The summed E-state index contributed by atoms with van der Waals surface area (Å²) in [5.41, 5.74) is -0.0314. The number of rotatable bonds is 6. The zero-order valence-electron chi connectivity index (χ0n) is 15.8. The molecule has 0 radical (unpaired) electrons. The molecule has 2 aliphatic carbocycles. The third kappa shape index (κ3) is 3.96. The molecule has 1 aromatic heterocycles. The van der Waals surface area contributed by atoms with Crippen LogP contribution in [0.3, 0.4) is 0 Å². The van der Waals surface area contributed by atoms with Crippen LogP contribution in [0.1, 0.15) is 38.5 Å². The van der Waals surface area contributed by atoms with Gasteiger partial charge in [0.2, 0.25) is 11.8 Å². The summed E-state index contributed by atoms with van der Waals surface area (Å²) in [6.07, 6.45) is 6.68. The van der Waals surface area contributed by atoms with Crippen LogP contribution >= 0.6 is 0 Å². The summed E-state index contributed by atoms with van der Waals surface area (Å²) >= 11 is 0. The van der Waals surface area contributed by atoms with Gasteiger partial charge in [-0.2, -0.15) is 0 Å². The third-order valence-corrected chi connectivity index (χ3v) is 5.58. The summed E-state index contributed by atoms with van der Waals surface area (Å²) < 4.78 is 5.75. The first kappa shape index (κ1) is 19.0. The number of amides is 2. The number of imide groups is 1. The Morgan fingerprint density at radius 1 is 0.966 bits per heavy atom. The number of hydrogen-bond donors (Lipinski definition) is 0. The molecule has 0 aliphatic heterocycles. The molecule has 0 atom stereocenters. The SMILES string of the molecule is O=C(C1CCC1)N(C(=O)C1CCC1)c1cc(Oc2ccc([N+](=O)[O-])cc2)ccn1. The number of anilines is 1. The third-order valence-electron chi connectivity index (χ3n) is 5.58. The Labute approximate surface area is 167 Å². The van der Waals surface area contributed by atoms with E-state index in [0.717, 1.165) is 38.5 Å². The molecule has 2 aromatic rings. The van der Waals surface area contributed by atoms with Crippen LogP contribution in [0.25, 0.3) is 0 Å². The molecule has 0 saturated heterocycles. The number of nitro benzene ring substituents is 1. The van der Waals surface area contributed by atoms with Crippen molar-refractivity contribution >= 4 is 23.3 Å². The van der Waals surface area contributed by atoms with Crippen molar-refractivity contribution in [1.82, 2.24) is 4.98 Å². The van der Waals surface area contributed by atoms with E-state index in [4.69, 9.17) is 4.74 Å². The normalized spacial score (nSPS) is 16.4. The van der Waals surface area contributed by atoms with Crippen LogP contribution < -0.4 is 9.64 Å². The van der Waals surface area contributed by atoms with Crippen LogP contribution in [0, 0.1) is 22.0 Å². The maximum absolute atomic E-state index is 12.9. The molecule has 8 nitrogen and oxygen atoms in total. The Hall–Kier alpha value is -3.29. The summed E-state index contributed by atoms with van der Waals surface area (Å²) in [6, 6.07) is 8.87. The number of ether oxygens (including phenoxy) is 1. The van der Waals surface area contributed by atoms with Gasteiger partial charge in [0.15, 0.2) is 0 Å². The molecule has 1 heterocycles. The number of nitro groups is 1. The number of pyridine rings is 1. The molecule has 2 saturated carbocycles. The van der Waals surface area contributed by atoms with Crippen LogP contribution in [0.15, 0.2) is 42.6 Å². The second-order valence-corrected chi connectivity index (χ2v) is 7.47. The van der Waals surface area contributed by atoms with E-state index >= 15 is 0 Å². The van der Waals surface area contributed by atoms with Gasteiger partial charge in [0.1, 0.15) is 17.3 Å². The lowest BCUT2D eigenvalue weighted by Gasteiger charge is -2.34. The summed E-state index contributed by atoms with van der Waals surface area (Å²) in [5, 5.41) is 10.8. The molecule has 0 N–H and O–H groups in total. The summed E-state index contributed by atoms with van der Waals surface area (Å²) in [5.74, 6) is 0.450. The maximum atomic E-state index is 12.9. The van der Waals surface area contributed by atoms with Crippen LogP contribution in [-0.4, -0.2) is 21.7 Å². The molecular weight excluding hydrogens is 374 g/mol. The molecule has 2 amide bonds. The van der Waals surface area contributed by atoms with E-state index in [1.54, 1.807) is 12.1 Å². The van der Waals surface area contributed by atoms with Crippen molar-refractivity contribution in [2.24, 2.45) is 11.8 Å². The molecule has 150 valence electrons. The van der Waals surface area contributed by atoms with Crippen molar-refractivity contribution in [3.8, 4) is 11.5 Å². The van der Waals surface area contributed by atoms with Gasteiger partial charge in [-0.1, -0.05) is 12.8 Å². The predicted octanol–water partition coefficient (Wildman–Crippen LogP) is 4.24. The van der Waals surface area contributed by atoms with E-state index in [-0.39, 0.29) is 35.2 Å². The quantitative estimate of drug-likeness (QED) is 0.412. The minimum absolute atomic E-state index is 0.0314. The van der Waals surface area contributed by atoms with E-state index in [9.17, 15) is 19.7 Å². The van der Waals surface area contributed by atoms with Crippen molar-refractivity contribution < 1.29 is 19.2 Å². The number of benzene rings is 1. The molecule has 4 rings (SSSR count). The fourth-order valence-corrected chi connectivity index (χ4v) is 3.37. The fourth-order valence-electron chi connectivity index (χ4n) is 3.37. The number of aromatic nitrogens is 1. The standard InChI is InChI=1S/C21H21N3O5/c25-20(14-3-1-4-14)23(21(26)15-5-2-6-15)19-13-18(11-12-22-19)29-17-9-7-16(8-10-17)24(27)28/h7-15H,1-6H2. The van der Waals surface area contributed by atoms with Gasteiger partial charge in [0, 0.05) is 36.2 Å². The Morgan fingerprint density at radius 2 is 1.55 bits per heavy atom. The lowest BCUT2D eigenvalue weighted by atomic mass is 9.82. The van der Waals surface area contributed by atoms with E-state index in [0.29, 0.717) is 11.5 Å². The number of carbonyl (C=O) groups excluding carboxylic acids is 2. The average molecular weight is 395 g/mol. The lowest BCUT2D eigenvalue weighted by Crippen LogP contribution is -2.47. The van der Waals surface area contributed by atoms with E-state index in [1.165, 1.54) is 35.4 Å². The van der Waals surface area contributed by atoms with Gasteiger partial charge in [-0.15, -0.1) is 0 Å². The highest BCUT2D eigenvalue weighted by atomic mass is 16.6. The van der Waals surface area contributed by atoms with Crippen LogP contribution in [-0.2, 0) is 9.59 Å². The van der Waals surface area contributed by atoms with Gasteiger partial charge in [0.25, 0.3) is 5.69 Å². The second-order valence-electron chi connectivity index (χ2n) is 7.47. The molecule has 8 heteroatoms. The molecule has 2 aliphatic rings. The summed E-state index contributed by atoms with van der Waals surface area (Å²) in [6.45, 7) is 0. The van der Waals surface area contributed by atoms with Crippen LogP contribution in [0.5, 0.6) is 11.5 Å². The molecule has 0 spiro atoms. The largest absolute Gasteiger partial charge is 0.457 e. The van der Waals surface area contributed by atoms with Gasteiger partial charge >= 0.3 is 0 Å². The Kier molecular flexibility index (Phi) is 5.24. The fraction of sp³-hybridized carbons (Fsp3) is 0.381. The van der Waals surface area contributed by atoms with Gasteiger partial charge in [-0.05, 0) is 43.9 Å². The van der Waals surface area contributed by atoms with E-state index < -0.39 is 4.92 Å². The van der Waals surface area contributed by atoms with Crippen molar-refractivity contribution in [2.45, 2.75) is 38.5 Å². The molecule has 1 aromatic carbocycles. The lowest BCUT2D eigenvalue weighted by molar-refractivity contribution is -0.384. The van der Waals surface area contributed by atoms with Gasteiger partial charge in [-0.25, -0.2) is 9.88 Å². The highest BCUT2D eigenvalue weighted by Gasteiger charge is 2.39. The Morgan fingerprint density at radius 3 is 2.03 bits per heavy atom. The van der Waals surface area contributed by atoms with Crippen LogP contribution in [0.4, 0.5) is 11.5 Å². The van der Waals surface area contributed by atoms with Crippen molar-refractivity contribution in [3.63, 3.8) is 0 Å². The minimum Gasteiger partial charge on any atom is -0.457 e. The zero-order valence-corrected chi connectivity index (χ0v) is 15.8. The minimum atomic E-state index is -0.482. The maximum Gasteiger partial charge on any atom is 0.269 e. The first-order chi connectivity index (χ1) is 14.0. The van der Waals surface area contributed by atoms with Crippen molar-refractivity contribution in [1.29, 1.82) is 0 Å². The van der Waals surface area contributed by atoms with Gasteiger partial charge in [0.05, 0.1) is 4.92 Å². The highest BCUT2D eigenvalue weighted by molar-refractivity contribution is 6.16.